The van der Waals surface area contributed by atoms with E-state index in [-0.39, 0.29) is 17.6 Å². The van der Waals surface area contributed by atoms with Gasteiger partial charge in [0.15, 0.2) is 5.78 Å². The van der Waals surface area contributed by atoms with Gasteiger partial charge in [-0.2, -0.15) is 0 Å². The lowest BCUT2D eigenvalue weighted by Gasteiger charge is -2.12. The highest BCUT2D eigenvalue weighted by molar-refractivity contribution is 6.18. The highest BCUT2D eigenvalue weighted by Gasteiger charge is 2.25. The number of anilines is 2. The van der Waals surface area contributed by atoms with Crippen LogP contribution in [0.15, 0.2) is 55.0 Å². The predicted octanol–water partition coefficient (Wildman–Crippen LogP) is 4.89. The maximum Gasteiger partial charge on any atom is 0.261 e. The Kier molecular flexibility index (Phi) is 5.53. The second-order valence-electron chi connectivity index (χ2n) is 8.30. The third kappa shape index (κ3) is 3.79. The van der Waals surface area contributed by atoms with Crippen molar-refractivity contribution in [1.82, 2.24) is 14.5 Å². The fraction of sp³-hybridized carbons (Fsp3) is 0.200. The van der Waals surface area contributed by atoms with Crippen molar-refractivity contribution in [3.05, 3.63) is 83.3 Å². The lowest BCUT2D eigenvalue weighted by molar-refractivity contribution is 0.101. The molecule has 172 valence electrons. The van der Waals surface area contributed by atoms with Gasteiger partial charge < -0.3 is 15.6 Å². The molecule has 1 aliphatic rings. The number of carbonyl (C=O) groups is 2. The highest BCUT2D eigenvalue weighted by Crippen LogP contribution is 2.35. The van der Waals surface area contributed by atoms with Crippen molar-refractivity contribution in [3.63, 3.8) is 0 Å². The summed E-state index contributed by atoms with van der Waals surface area (Å²) in [4.78, 5) is 34.1. The van der Waals surface area contributed by atoms with Crippen LogP contribution in [-0.2, 0) is 0 Å². The maximum atomic E-state index is 13.9. The van der Waals surface area contributed by atoms with Crippen LogP contribution in [0.25, 0.3) is 11.0 Å². The van der Waals surface area contributed by atoms with Gasteiger partial charge in [-0.05, 0) is 49.2 Å². The molecule has 1 amide bonds. The smallest absolute Gasteiger partial charge is 0.261 e. The average molecular weight is 461 g/mol. The van der Waals surface area contributed by atoms with Crippen LogP contribution < -0.4 is 11.1 Å². The third-order valence-electron chi connectivity index (χ3n) is 6.20. The van der Waals surface area contributed by atoms with Crippen LogP contribution in [0.1, 0.15) is 58.0 Å². The van der Waals surface area contributed by atoms with E-state index in [0.717, 1.165) is 37.8 Å². The minimum absolute atomic E-state index is 0.237. The molecule has 2 aromatic heterocycles. The molecule has 1 aliphatic carbocycles. The van der Waals surface area contributed by atoms with Crippen molar-refractivity contribution in [2.45, 2.75) is 31.7 Å². The number of carbonyl (C=O) groups excluding carboxylic acids is 2. The summed E-state index contributed by atoms with van der Waals surface area (Å²) in [5.41, 5.74) is 7.15. The molecule has 1 saturated carbocycles. The number of benzene rings is 2. The van der Waals surface area contributed by atoms with Gasteiger partial charge in [0.25, 0.3) is 5.91 Å². The standard InChI is InChI=1S/C25H21F2N5O2/c26-18-6-3-7-19(27)21(18)25(34)31-15-10-8-14(9-11-15)22(33)17-12-32(16-4-1-2-5-16)24-20(17)23(28)29-13-30-24/h3,6-13,16H,1-2,4-5H2,(H,31,34)(H2,28,29,30). The van der Waals surface area contributed by atoms with Crippen molar-refractivity contribution < 1.29 is 18.4 Å². The molecule has 0 spiro atoms. The van der Waals surface area contributed by atoms with E-state index in [1.165, 1.54) is 36.7 Å². The molecule has 7 nitrogen and oxygen atoms in total. The fourth-order valence-electron chi connectivity index (χ4n) is 4.51. The van der Waals surface area contributed by atoms with Gasteiger partial charge in [-0.3, -0.25) is 9.59 Å². The summed E-state index contributed by atoms with van der Waals surface area (Å²) in [6, 6.07) is 9.54. The normalized spacial score (nSPS) is 13.9. The summed E-state index contributed by atoms with van der Waals surface area (Å²) in [6.07, 6.45) is 7.46. The minimum atomic E-state index is -0.956. The summed E-state index contributed by atoms with van der Waals surface area (Å²) in [5.74, 6) is -2.85. The largest absolute Gasteiger partial charge is 0.383 e. The first-order chi connectivity index (χ1) is 16.4. The van der Waals surface area contributed by atoms with E-state index in [1.54, 1.807) is 6.20 Å². The van der Waals surface area contributed by atoms with Crippen LogP contribution >= 0.6 is 0 Å². The summed E-state index contributed by atoms with van der Waals surface area (Å²) in [5, 5.41) is 2.97. The number of ketones is 1. The molecular formula is C25H21F2N5O2. The Morgan fingerprint density at radius 3 is 2.35 bits per heavy atom. The Morgan fingerprint density at radius 2 is 1.68 bits per heavy atom. The van der Waals surface area contributed by atoms with E-state index in [0.29, 0.717) is 27.8 Å². The number of nitrogen functional groups attached to an aromatic ring is 1. The minimum Gasteiger partial charge on any atom is -0.383 e. The molecule has 1 fully saturated rings. The van der Waals surface area contributed by atoms with Gasteiger partial charge in [0.1, 0.15) is 35.0 Å². The number of amides is 1. The van der Waals surface area contributed by atoms with Gasteiger partial charge in [0, 0.05) is 23.5 Å². The Morgan fingerprint density at radius 1 is 1.00 bits per heavy atom. The van der Waals surface area contributed by atoms with Crippen LogP contribution in [0.3, 0.4) is 0 Å². The lowest BCUT2D eigenvalue weighted by atomic mass is 10.0. The van der Waals surface area contributed by atoms with Gasteiger partial charge in [-0.25, -0.2) is 18.7 Å². The molecule has 0 unspecified atom stereocenters. The van der Waals surface area contributed by atoms with Crippen LogP contribution in [-0.4, -0.2) is 26.2 Å². The molecule has 3 N–H and O–H groups in total. The van der Waals surface area contributed by atoms with Crippen LogP contribution in [0, 0.1) is 11.6 Å². The molecule has 4 aromatic rings. The summed E-state index contributed by atoms with van der Waals surface area (Å²) < 4.78 is 29.8. The van der Waals surface area contributed by atoms with E-state index >= 15 is 0 Å². The first-order valence-corrected chi connectivity index (χ1v) is 10.9. The predicted molar refractivity (Wildman–Crippen MR) is 124 cm³/mol. The van der Waals surface area contributed by atoms with Crippen molar-refractivity contribution in [2.24, 2.45) is 0 Å². The first kappa shape index (κ1) is 21.7. The second kappa shape index (κ2) is 8.66. The first-order valence-electron chi connectivity index (χ1n) is 10.9. The Hall–Kier alpha value is -4.14. The molecule has 2 aromatic carbocycles. The number of hydrogen-bond donors (Lipinski definition) is 2. The molecule has 34 heavy (non-hydrogen) atoms. The number of rotatable bonds is 5. The molecule has 9 heteroatoms. The zero-order valence-corrected chi connectivity index (χ0v) is 18.1. The van der Waals surface area contributed by atoms with Crippen LogP contribution in [0.2, 0.25) is 0 Å². The molecule has 0 saturated heterocycles. The second-order valence-corrected chi connectivity index (χ2v) is 8.30. The van der Waals surface area contributed by atoms with Crippen LogP contribution in [0.5, 0.6) is 0 Å². The number of nitrogens with one attached hydrogen (secondary N) is 1. The molecule has 5 rings (SSSR count). The summed E-state index contributed by atoms with van der Waals surface area (Å²) >= 11 is 0. The zero-order chi connectivity index (χ0) is 23.8. The van der Waals surface area contributed by atoms with Crippen molar-refractivity contribution in [1.29, 1.82) is 0 Å². The molecular weight excluding hydrogens is 440 g/mol. The number of hydrogen-bond acceptors (Lipinski definition) is 5. The fourth-order valence-corrected chi connectivity index (χ4v) is 4.51. The Balaban J connectivity index is 1.43. The molecule has 0 atom stereocenters. The SMILES string of the molecule is Nc1ncnc2c1c(C(=O)c1ccc(NC(=O)c3c(F)cccc3F)cc1)cn2C1CCCC1. The molecule has 0 bridgehead atoms. The number of nitrogens with two attached hydrogens (primary N) is 1. The van der Waals surface area contributed by atoms with Crippen LogP contribution in [0.4, 0.5) is 20.3 Å². The van der Waals surface area contributed by atoms with E-state index in [9.17, 15) is 18.4 Å². The topological polar surface area (TPSA) is 103 Å². The van der Waals surface area contributed by atoms with E-state index in [2.05, 4.69) is 15.3 Å². The number of aromatic nitrogens is 3. The van der Waals surface area contributed by atoms with Crippen molar-refractivity contribution in [2.75, 3.05) is 11.1 Å². The van der Waals surface area contributed by atoms with Gasteiger partial charge in [0.05, 0.1) is 10.9 Å². The highest BCUT2D eigenvalue weighted by atomic mass is 19.1. The van der Waals surface area contributed by atoms with Gasteiger partial charge in [-0.1, -0.05) is 18.9 Å². The maximum absolute atomic E-state index is 13.9. The Labute approximate surface area is 193 Å². The van der Waals surface area contributed by atoms with Crippen molar-refractivity contribution in [3.8, 4) is 0 Å². The van der Waals surface area contributed by atoms with Gasteiger partial charge in [0.2, 0.25) is 0 Å². The summed E-state index contributed by atoms with van der Waals surface area (Å²) in [6.45, 7) is 0. The number of fused-ring (bicyclic) bond motifs is 1. The number of nitrogens with zero attached hydrogens (tertiary/aromatic N) is 3. The van der Waals surface area contributed by atoms with E-state index < -0.39 is 23.1 Å². The lowest BCUT2D eigenvalue weighted by Crippen LogP contribution is -2.15. The molecule has 2 heterocycles. The van der Waals surface area contributed by atoms with Crippen molar-refractivity contribution >= 4 is 34.2 Å². The quantitative estimate of drug-likeness (QED) is 0.412. The third-order valence-corrected chi connectivity index (χ3v) is 6.20. The molecule has 0 aliphatic heterocycles. The van der Waals surface area contributed by atoms with E-state index in [1.807, 2.05) is 4.57 Å². The van der Waals surface area contributed by atoms with E-state index in [4.69, 9.17) is 5.73 Å². The Bertz CT molecular complexity index is 1390. The number of halogens is 2. The summed E-state index contributed by atoms with van der Waals surface area (Å²) in [7, 11) is 0. The zero-order valence-electron chi connectivity index (χ0n) is 18.1. The van der Waals surface area contributed by atoms with Gasteiger partial charge in [-0.15, -0.1) is 0 Å². The van der Waals surface area contributed by atoms with Gasteiger partial charge >= 0.3 is 0 Å². The monoisotopic (exact) mass is 461 g/mol. The molecule has 0 radical (unpaired) electrons. The average Bonchev–Trinajstić information content (AvgIpc) is 3.48.